The van der Waals surface area contributed by atoms with E-state index in [2.05, 4.69) is 10.3 Å². The molecule has 0 fully saturated rings. The van der Waals surface area contributed by atoms with Crippen molar-refractivity contribution >= 4 is 45.0 Å². The molecule has 1 N–H and O–H groups in total. The summed E-state index contributed by atoms with van der Waals surface area (Å²) >= 11 is 1.36. The third kappa shape index (κ3) is 3.67. The Morgan fingerprint density at radius 1 is 0.906 bits per heavy atom. The zero-order chi connectivity index (χ0) is 22.1. The first kappa shape index (κ1) is 20.1. The van der Waals surface area contributed by atoms with Crippen LogP contribution in [0.1, 0.15) is 33.6 Å². The van der Waals surface area contributed by atoms with Gasteiger partial charge in [-0.3, -0.25) is 19.3 Å². The van der Waals surface area contributed by atoms with E-state index in [4.69, 9.17) is 0 Å². The van der Waals surface area contributed by atoms with Crippen molar-refractivity contribution in [1.82, 2.24) is 9.88 Å². The molecule has 0 bridgehead atoms. The van der Waals surface area contributed by atoms with Crippen molar-refractivity contribution in [1.29, 1.82) is 0 Å². The number of carbonyl (C=O) groups excluding carboxylic acids is 3. The van der Waals surface area contributed by atoms with Gasteiger partial charge in [-0.1, -0.05) is 54.6 Å². The fraction of sp³-hybridized carbons (Fsp3) is 0.120. The van der Waals surface area contributed by atoms with E-state index in [-0.39, 0.29) is 30.7 Å². The van der Waals surface area contributed by atoms with Crippen LogP contribution in [0.25, 0.3) is 22.0 Å². The van der Waals surface area contributed by atoms with E-state index in [0.29, 0.717) is 28.1 Å². The zero-order valence-electron chi connectivity index (χ0n) is 17.1. The lowest BCUT2D eigenvalue weighted by atomic mass is 9.94. The summed E-state index contributed by atoms with van der Waals surface area (Å²) in [6.07, 6.45) is 0.557. The first-order valence-corrected chi connectivity index (χ1v) is 11.2. The predicted molar refractivity (Wildman–Crippen MR) is 125 cm³/mol. The largest absolute Gasteiger partial charge is 0.302 e. The van der Waals surface area contributed by atoms with Crippen LogP contribution in [0.4, 0.5) is 5.13 Å². The van der Waals surface area contributed by atoms with Crippen molar-refractivity contribution in [2.75, 3.05) is 11.9 Å². The van der Waals surface area contributed by atoms with Crippen LogP contribution in [-0.2, 0) is 4.79 Å². The van der Waals surface area contributed by atoms with Gasteiger partial charge in [0, 0.05) is 40.4 Å². The maximum Gasteiger partial charge on any atom is 0.261 e. The van der Waals surface area contributed by atoms with E-state index in [1.807, 2.05) is 60.0 Å². The summed E-state index contributed by atoms with van der Waals surface area (Å²) in [5.41, 5.74) is 2.85. The van der Waals surface area contributed by atoms with Gasteiger partial charge < -0.3 is 5.32 Å². The van der Waals surface area contributed by atoms with Crippen molar-refractivity contribution in [3.05, 3.63) is 83.2 Å². The third-order valence-corrected chi connectivity index (χ3v) is 6.22. The van der Waals surface area contributed by atoms with E-state index in [0.717, 1.165) is 16.6 Å². The van der Waals surface area contributed by atoms with E-state index >= 15 is 0 Å². The van der Waals surface area contributed by atoms with Gasteiger partial charge in [0.05, 0.1) is 5.69 Å². The lowest BCUT2D eigenvalue weighted by Crippen LogP contribution is -2.41. The quantitative estimate of drug-likeness (QED) is 0.428. The van der Waals surface area contributed by atoms with E-state index in [1.165, 1.54) is 16.2 Å². The number of carbonyl (C=O) groups is 3. The van der Waals surface area contributed by atoms with Gasteiger partial charge in [0.1, 0.15) is 0 Å². The molecule has 0 saturated heterocycles. The molecule has 1 aliphatic heterocycles. The lowest BCUT2D eigenvalue weighted by Gasteiger charge is -2.27. The molecule has 0 unspecified atom stereocenters. The van der Waals surface area contributed by atoms with E-state index < -0.39 is 0 Å². The van der Waals surface area contributed by atoms with E-state index in [1.54, 1.807) is 12.1 Å². The summed E-state index contributed by atoms with van der Waals surface area (Å²) in [7, 11) is 0. The molecule has 7 heteroatoms. The third-order valence-electron chi connectivity index (χ3n) is 5.46. The number of thiazole rings is 1. The Balaban J connectivity index is 1.21. The molecule has 32 heavy (non-hydrogen) atoms. The standard InChI is InChI=1S/C25H19N3O3S/c29-21(27-25-26-20(15-32-25)16-7-2-1-3-8-16)13-6-14-28-23(30)18-11-4-9-17-10-5-12-19(22(17)18)24(28)31/h1-5,7-12,15H,6,13-14H2,(H,26,27,29). The summed E-state index contributed by atoms with van der Waals surface area (Å²) in [5.74, 6) is -0.822. The van der Waals surface area contributed by atoms with Crippen molar-refractivity contribution in [2.24, 2.45) is 0 Å². The number of aromatic nitrogens is 1. The molecule has 5 rings (SSSR count). The molecule has 3 amide bonds. The highest BCUT2D eigenvalue weighted by Gasteiger charge is 2.32. The number of amides is 3. The normalized spacial score (nSPS) is 12.9. The van der Waals surface area contributed by atoms with Gasteiger partial charge in [0.15, 0.2) is 5.13 Å². The van der Waals surface area contributed by atoms with Gasteiger partial charge in [0.2, 0.25) is 5.91 Å². The number of nitrogens with one attached hydrogen (secondary N) is 1. The number of rotatable bonds is 6. The first-order valence-electron chi connectivity index (χ1n) is 10.3. The van der Waals surface area contributed by atoms with Crippen molar-refractivity contribution in [3.63, 3.8) is 0 Å². The van der Waals surface area contributed by atoms with Crippen molar-refractivity contribution in [2.45, 2.75) is 12.8 Å². The smallest absolute Gasteiger partial charge is 0.261 e. The number of hydrogen-bond acceptors (Lipinski definition) is 5. The molecule has 0 radical (unpaired) electrons. The maximum atomic E-state index is 12.9. The molecular formula is C25H19N3O3S. The number of imide groups is 1. The van der Waals surface area contributed by atoms with Crippen LogP contribution in [0.15, 0.2) is 72.1 Å². The number of benzene rings is 3. The Morgan fingerprint density at radius 3 is 2.28 bits per heavy atom. The average Bonchev–Trinajstić information content (AvgIpc) is 3.28. The Hall–Kier alpha value is -3.84. The average molecular weight is 442 g/mol. The second-order valence-corrected chi connectivity index (χ2v) is 8.38. The van der Waals surface area contributed by atoms with Crippen LogP contribution in [0.3, 0.4) is 0 Å². The Bertz CT molecular complexity index is 1300. The lowest BCUT2D eigenvalue weighted by molar-refractivity contribution is -0.116. The molecule has 158 valence electrons. The van der Waals surface area contributed by atoms with E-state index in [9.17, 15) is 14.4 Å². The molecule has 3 aromatic carbocycles. The fourth-order valence-corrected chi connectivity index (χ4v) is 4.67. The SMILES string of the molecule is O=C(CCCN1C(=O)c2cccc3cccc(c23)C1=O)Nc1nc(-c2ccccc2)cs1. The topological polar surface area (TPSA) is 79.4 Å². The highest BCUT2D eigenvalue weighted by atomic mass is 32.1. The molecule has 6 nitrogen and oxygen atoms in total. The summed E-state index contributed by atoms with van der Waals surface area (Å²) in [6, 6.07) is 20.7. The molecule has 1 aromatic heterocycles. The maximum absolute atomic E-state index is 12.9. The molecule has 0 saturated carbocycles. The van der Waals surface area contributed by atoms with Crippen LogP contribution < -0.4 is 5.32 Å². The van der Waals surface area contributed by atoms with Crippen LogP contribution >= 0.6 is 11.3 Å². The van der Waals surface area contributed by atoms with Crippen molar-refractivity contribution in [3.8, 4) is 11.3 Å². The summed E-state index contributed by atoms with van der Waals surface area (Å²) in [5, 5.41) is 6.81. The highest BCUT2D eigenvalue weighted by molar-refractivity contribution is 7.14. The van der Waals surface area contributed by atoms with Crippen LogP contribution in [0.2, 0.25) is 0 Å². The van der Waals surface area contributed by atoms with Gasteiger partial charge in [-0.2, -0.15) is 0 Å². The van der Waals surface area contributed by atoms with Gasteiger partial charge in [-0.15, -0.1) is 11.3 Å². The second kappa shape index (κ2) is 8.36. The number of hydrogen-bond donors (Lipinski definition) is 1. The van der Waals surface area contributed by atoms with Crippen molar-refractivity contribution < 1.29 is 14.4 Å². The molecular weight excluding hydrogens is 422 g/mol. The minimum absolute atomic E-state index is 0.183. The second-order valence-electron chi connectivity index (χ2n) is 7.53. The fourth-order valence-electron chi connectivity index (χ4n) is 3.94. The summed E-state index contributed by atoms with van der Waals surface area (Å²) in [4.78, 5) is 43.9. The molecule has 0 spiro atoms. The summed E-state index contributed by atoms with van der Waals surface area (Å²) < 4.78 is 0. The molecule has 0 atom stereocenters. The van der Waals surface area contributed by atoms with Gasteiger partial charge in [-0.05, 0) is 23.9 Å². The molecule has 0 aliphatic carbocycles. The van der Waals surface area contributed by atoms with Crippen LogP contribution in [0.5, 0.6) is 0 Å². The Morgan fingerprint density at radius 2 is 1.59 bits per heavy atom. The minimum atomic E-state index is -0.313. The predicted octanol–water partition coefficient (Wildman–Crippen LogP) is 4.98. The molecule has 4 aromatic rings. The highest BCUT2D eigenvalue weighted by Crippen LogP contribution is 2.30. The Kier molecular flexibility index (Phi) is 5.25. The number of anilines is 1. The van der Waals surface area contributed by atoms with Crippen LogP contribution in [-0.4, -0.2) is 34.2 Å². The minimum Gasteiger partial charge on any atom is -0.302 e. The van der Waals surface area contributed by atoms with Crippen LogP contribution in [0, 0.1) is 0 Å². The Labute approximate surface area is 188 Å². The monoisotopic (exact) mass is 441 g/mol. The van der Waals surface area contributed by atoms with Gasteiger partial charge in [-0.25, -0.2) is 4.98 Å². The van der Waals surface area contributed by atoms with Gasteiger partial charge in [0.25, 0.3) is 11.8 Å². The zero-order valence-corrected chi connectivity index (χ0v) is 17.9. The number of nitrogens with zero attached hydrogens (tertiary/aromatic N) is 2. The first-order chi connectivity index (χ1) is 15.6. The molecule has 2 heterocycles. The summed E-state index contributed by atoms with van der Waals surface area (Å²) in [6.45, 7) is 0.183. The van der Waals surface area contributed by atoms with Gasteiger partial charge >= 0.3 is 0 Å². The molecule has 1 aliphatic rings.